The van der Waals surface area contributed by atoms with Crippen LogP contribution >= 0.6 is 0 Å². The summed E-state index contributed by atoms with van der Waals surface area (Å²) >= 11 is 0. The Bertz CT molecular complexity index is 226. The summed E-state index contributed by atoms with van der Waals surface area (Å²) in [6.07, 6.45) is 20.7. The number of hydrogen-bond donors (Lipinski definition) is 1. The molecule has 0 amide bonds. The highest BCUT2D eigenvalue weighted by Crippen LogP contribution is 2.35. The highest BCUT2D eigenvalue weighted by atomic mass is 14.5. The van der Waals surface area contributed by atoms with Crippen molar-refractivity contribution in [3.8, 4) is 0 Å². The number of hydrogen-bond acceptors (Lipinski definition) is 1. The van der Waals surface area contributed by atoms with Crippen LogP contribution in [0.1, 0.15) is 89.9 Å². The molecule has 0 radical (unpaired) electrons. The normalized spacial score (nSPS) is 34.9. The molecule has 3 atom stereocenters. The topological polar surface area (TPSA) is 26.0 Å². The molecule has 2 aliphatic carbocycles. The molecule has 1 heteroatoms. The minimum absolute atomic E-state index is 0.907. The number of fused-ring (bicyclic) bond motifs is 4. The molecule has 0 aromatic carbocycles. The third kappa shape index (κ3) is 5.45. The monoisotopic (exact) mass is 265 g/mol. The van der Waals surface area contributed by atoms with Gasteiger partial charge in [-0.3, -0.25) is 0 Å². The fourth-order valence-electron chi connectivity index (χ4n) is 4.58. The first kappa shape index (κ1) is 15.4. The first-order valence-electron chi connectivity index (χ1n) is 9.10. The van der Waals surface area contributed by atoms with E-state index in [2.05, 4.69) is 0 Å². The first-order valence-corrected chi connectivity index (χ1v) is 9.10. The zero-order valence-electron chi connectivity index (χ0n) is 12.9. The molecule has 112 valence electrons. The Kier molecular flexibility index (Phi) is 7.27. The van der Waals surface area contributed by atoms with Gasteiger partial charge < -0.3 is 5.73 Å². The molecule has 19 heavy (non-hydrogen) atoms. The van der Waals surface area contributed by atoms with E-state index in [4.69, 9.17) is 5.73 Å². The molecule has 2 aliphatic rings. The van der Waals surface area contributed by atoms with Gasteiger partial charge >= 0.3 is 0 Å². The number of rotatable bonds is 2. The average molecular weight is 265 g/mol. The van der Waals surface area contributed by atoms with E-state index in [9.17, 15) is 0 Å². The van der Waals surface area contributed by atoms with Gasteiger partial charge in [-0.15, -0.1) is 0 Å². The number of nitrogens with two attached hydrogens (primary N) is 1. The van der Waals surface area contributed by atoms with Crippen LogP contribution in [0, 0.1) is 17.8 Å². The van der Waals surface area contributed by atoms with Crippen molar-refractivity contribution in [2.24, 2.45) is 23.5 Å². The zero-order valence-corrected chi connectivity index (χ0v) is 12.9. The minimum atomic E-state index is 0.907. The maximum Gasteiger partial charge on any atom is -0.00745 e. The second kappa shape index (κ2) is 9.00. The lowest BCUT2D eigenvalue weighted by Gasteiger charge is -2.28. The third-order valence-electron chi connectivity index (χ3n) is 5.77. The lowest BCUT2D eigenvalue weighted by atomic mass is 9.78. The highest BCUT2D eigenvalue weighted by Gasteiger charge is 2.22. The first-order chi connectivity index (χ1) is 9.40. The van der Waals surface area contributed by atoms with Crippen LogP contribution in [0.3, 0.4) is 0 Å². The molecule has 0 saturated heterocycles. The predicted molar refractivity (Wildman–Crippen MR) is 84.2 cm³/mol. The summed E-state index contributed by atoms with van der Waals surface area (Å²) in [6, 6.07) is 0. The lowest BCUT2D eigenvalue weighted by molar-refractivity contribution is 0.238. The van der Waals surface area contributed by atoms with Gasteiger partial charge in [0.2, 0.25) is 0 Å². The van der Waals surface area contributed by atoms with Crippen molar-refractivity contribution in [3.63, 3.8) is 0 Å². The van der Waals surface area contributed by atoms with Crippen molar-refractivity contribution in [1.82, 2.24) is 0 Å². The van der Waals surface area contributed by atoms with Gasteiger partial charge in [0, 0.05) is 0 Å². The maximum absolute atomic E-state index is 5.87. The molecule has 2 saturated carbocycles. The van der Waals surface area contributed by atoms with Crippen molar-refractivity contribution >= 4 is 0 Å². The minimum Gasteiger partial charge on any atom is -0.330 e. The maximum atomic E-state index is 5.87. The van der Waals surface area contributed by atoms with Crippen LogP contribution in [0.25, 0.3) is 0 Å². The summed E-state index contributed by atoms with van der Waals surface area (Å²) in [5, 5.41) is 0. The molecule has 0 aromatic heterocycles. The van der Waals surface area contributed by atoms with Crippen molar-refractivity contribution in [2.75, 3.05) is 6.54 Å². The fraction of sp³-hybridized carbons (Fsp3) is 1.00. The summed E-state index contributed by atoms with van der Waals surface area (Å²) < 4.78 is 0. The van der Waals surface area contributed by atoms with Gasteiger partial charge in [0.05, 0.1) is 0 Å². The van der Waals surface area contributed by atoms with E-state index in [0.29, 0.717) is 0 Å². The van der Waals surface area contributed by atoms with Crippen molar-refractivity contribution in [2.45, 2.75) is 89.9 Å². The van der Waals surface area contributed by atoms with Crippen LogP contribution in [-0.2, 0) is 0 Å². The van der Waals surface area contributed by atoms with E-state index in [1.54, 1.807) is 0 Å². The van der Waals surface area contributed by atoms with E-state index in [1.165, 1.54) is 89.9 Å². The van der Waals surface area contributed by atoms with Gasteiger partial charge in [-0.2, -0.15) is 0 Å². The molecule has 2 fully saturated rings. The molecule has 0 aliphatic heterocycles. The van der Waals surface area contributed by atoms with E-state index in [1.807, 2.05) is 0 Å². The van der Waals surface area contributed by atoms with Crippen LogP contribution in [0.4, 0.5) is 0 Å². The smallest absolute Gasteiger partial charge is 0.00745 e. The second-order valence-electron chi connectivity index (χ2n) is 7.17. The largest absolute Gasteiger partial charge is 0.330 e. The Balaban J connectivity index is 1.99. The van der Waals surface area contributed by atoms with Gasteiger partial charge in [0.15, 0.2) is 0 Å². The molecular formula is C18H35N. The Hall–Kier alpha value is -0.0400. The highest BCUT2D eigenvalue weighted by molar-refractivity contribution is 4.75. The van der Waals surface area contributed by atoms with Crippen LogP contribution in [0.15, 0.2) is 0 Å². The Morgan fingerprint density at radius 1 is 0.632 bits per heavy atom. The molecule has 3 unspecified atom stereocenters. The predicted octanol–water partition coefficient (Wildman–Crippen LogP) is 5.28. The molecule has 1 nitrogen and oxygen atoms in total. The Morgan fingerprint density at radius 3 is 1.95 bits per heavy atom. The molecule has 2 N–H and O–H groups in total. The van der Waals surface area contributed by atoms with Crippen molar-refractivity contribution in [3.05, 3.63) is 0 Å². The molecule has 2 rings (SSSR count). The molecular weight excluding hydrogens is 230 g/mol. The third-order valence-corrected chi connectivity index (χ3v) is 5.77. The molecule has 2 bridgehead atoms. The zero-order chi connectivity index (χ0) is 13.3. The molecule has 0 aromatic rings. The van der Waals surface area contributed by atoms with Crippen LogP contribution in [-0.4, -0.2) is 6.54 Å². The van der Waals surface area contributed by atoms with Crippen LogP contribution in [0.5, 0.6) is 0 Å². The summed E-state index contributed by atoms with van der Waals surface area (Å²) in [5.41, 5.74) is 5.87. The van der Waals surface area contributed by atoms with Gasteiger partial charge in [-0.25, -0.2) is 0 Å². The fourth-order valence-corrected chi connectivity index (χ4v) is 4.58. The summed E-state index contributed by atoms with van der Waals surface area (Å²) in [5.74, 6) is 3.01. The molecule has 0 heterocycles. The Morgan fingerprint density at radius 2 is 1.21 bits per heavy atom. The molecule has 0 spiro atoms. The van der Waals surface area contributed by atoms with E-state index < -0.39 is 0 Å². The summed E-state index contributed by atoms with van der Waals surface area (Å²) in [7, 11) is 0. The van der Waals surface area contributed by atoms with Gasteiger partial charge in [-0.05, 0) is 30.7 Å². The Labute approximate surface area is 120 Å². The van der Waals surface area contributed by atoms with Crippen molar-refractivity contribution < 1.29 is 0 Å². The van der Waals surface area contributed by atoms with Crippen LogP contribution < -0.4 is 5.73 Å². The van der Waals surface area contributed by atoms with Crippen LogP contribution in [0.2, 0.25) is 0 Å². The summed E-state index contributed by atoms with van der Waals surface area (Å²) in [4.78, 5) is 0. The van der Waals surface area contributed by atoms with E-state index >= 15 is 0 Å². The second-order valence-corrected chi connectivity index (χ2v) is 7.17. The van der Waals surface area contributed by atoms with Crippen molar-refractivity contribution in [1.29, 1.82) is 0 Å². The standard InChI is InChI=1S/C18H35N/c19-15-14-18-12-6-2-4-9-16-8-3-1-5-11-17(18)13-7-10-16/h16-18H,1-15,19H2. The SMILES string of the molecule is NCCC1CCCCCC2CCCCCC1CCC2. The van der Waals surface area contributed by atoms with Gasteiger partial charge in [0.25, 0.3) is 0 Å². The average Bonchev–Trinajstić information content (AvgIpc) is 2.45. The van der Waals surface area contributed by atoms with E-state index in [0.717, 1.165) is 24.3 Å². The van der Waals surface area contributed by atoms with Gasteiger partial charge in [0.1, 0.15) is 0 Å². The quantitative estimate of drug-likeness (QED) is 0.722. The summed E-state index contributed by atoms with van der Waals surface area (Å²) in [6.45, 7) is 0.907. The van der Waals surface area contributed by atoms with Gasteiger partial charge in [-0.1, -0.05) is 83.5 Å². The van der Waals surface area contributed by atoms with E-state index in [-0.39, 0.29) is 0 Å². The lowest BCUT2D eigenvalue weighted by Crippen LogP contribution is -2.19.